The molecule has 0 unspecified atom stereocenters. The Bertz CT molecular complexity index is 883. The largest absolute Gasteiger partial charge is 0.389 e. The Morgan fingerprint density at radius 2 is 1.97 bits per heavy atom. The van der Waals surface area contributed by atoms with Gasteiger partial charge in [0, 0.05) is 41.6 Å². The molecule has 0 radical (unpaired) electrons. The molecule has 31 heavy (non-hydrogen) atoms. The summed E-state index contributed by atoms with van der Waals surface area (Å²) in [6, 6.07) is 0. The maximum absolute atomic E-state index is 14.1. The van der Waals surface area contributed by atoms with E-state index in [9.17, 15) is 24.9 Å². The summed E-state index contributed by atoms with van der Waals surface area (Å²) in [5.74, 6) is -1.12. The molecule has 2 bridgehead atoms. The van der Waals surface area contributed by atoms with Gasteiger partial charge < -0.3 is 25.0 Å². The molecule has 3 N–H and O–H groups in total. The lowest BCUT2D eigenvalue weighted by Crippen LogP contribution is -2.57. The Morgan fingerprint density at radius 1 is 1.29 bits per heavy atom. The van der Waals surface area contributed by atoms with E-state index in [0.29, 0.717) is 52.0 Å². The van der Waals surface area contributed by atoms with Crippen molar-refractivity contribution in [1.82, 2.24) is 4.90 Å². The number of allylic oxidation sites excluding steroid dienone is 1. The topological polar surface area (TPSA) is 107 Å². The van der Waals surface area contributed by atoms with Gasteiger partial charge in [-0.05, 0) is 49.5 Å². The molecule has 5 rings (SSSR count). The minimum atomic E-state index is -1.29. The molecule has 1 aliphatic heterocycles. The summed E-state index contributed by atoms with van der Waals surface area (Å²) in [7, 11) is 0. The van der Waals surface area contributed by atoms with Crippen molar-refractivity contribution in [1.29, 1.82) is 0 Å². The molecular formula is C23H30INO6. The normalized spacial score (nSPS) is 48.8. The molecule has 3 saturated carbocycles. The Hall–Kier alpha value is -0.810. The number of carbonyl (C=O) groups is 2. The van der Waals surface area contributed by atoms with Gasteiger partial charge in [-0.2, -0.15) is 0 Å². The number of hydrogen-bond acceptors (Lipinski definition) is 6. The lowest BCUT2D eigenvalue weighted by Gasteiger charge is -2.47. The molecule has 5 aliphatic rings. The van der Waals surface area contributed by atoms with Crippen LogP contribution in [0.2, 0.25) is 0 Å². The molecular weight excluding hydrogens is 513 g/mol. The van der Waals surface area contributed by atoms with E-state index >= 15 is 0 Å². The van der Waals surface area contributed by atoms with E-state index in [2.05, 4.69) is 6.58 Å². The lowest BCUT2D eigenvalue weighted by atomic mass is 9.60. The molecule has 4 aliphatic carbocycles. The predicted octanol–water partition coefficient (Wildman–Crippen LogP) is 1.20. The maximum Gasteiger partial charge on any atom is 0.227 e. The molecule has 8 heteroatoms. The summed E-state index contributed by atoms with van der Waals surface area (Å²) in [5.41, 5.74) is -1.15. The summed E-state index contributed by atoms with van der Waals surface area (Å²) >= 11 is 1.71. The van der Waals surface area contributed by atoms with E-state index in [4.69, 9.17) is 4.74 Å². The average Bonchev–Trinajstić information content (AvgIpc) is 3.12. The van der Waals surface area contributed by atoms with Crippen LogP contribution in [0.3, 0.4) is 0 Å². The second-order valence-corrected chi connectivity index (χ2v) is 11.3. The molecule has 1 amide bonds. The van der Waals surface area contributed by atoms with E-state index in [1.165, 1.54) is 0 Å². The molecule has 170 valence electrons. The predicted molar refractivity (Wildman–Crippen MR) is 120 cm³/mol. The first-order valence-corrected chi connectivity index (χ1v) is 12.2. The van der Waals surface area contributed by atoms with E-state index in [-0.39, 0.29) is 15.6 Å². The maximum atomic E-state index is 14.1. The number of halogens is 1. The quantitative estimate of drug-likeness (QED) is 0.275. The van der Waals surface area contributed by atoms with Crippen molar-refractivity contribution in [2.45, 2.75) is 50.4 Å². The number of hydrogen-bond donors (Lipinski definition) is 3. The highest BCUT2D eigenvalue weighted by molar-refractivity contribution is 14.1. The molecule has 0 aromatic heterocycles. The van der Waals surface area contributed by atoms with Crippen LogP contribution >= 0.6 is 22.6 Å². The first-order chi connectivity index (χ1) is 14.6. The molecule has 0 aromatic rings. The van der Waals surface area contributed by atoms with Gasteiger partial charge in [-0.15, -0.1) is 0 Å². The van der Waals surface area contributed by atoms with Gasteiger partial charge in [0.2, 0.25) is 9.70 Å². The second kappa shape index (κ2) is 7.09. The molecule has 1 heterocycles. The SMILES string of the molecule is C=C1C[C@]23C[C@@]1(O)CC[C@H]2C1=C[C@@H](O)[C@H](O)[C@@](C)(C(=O)I)[C@H]1[C@@H]3C(=O)N1CCOCC1. The average molecular weight is 543 g/mol. The molecule has 1 saturated heterocycles. The van der Waals surface area contributed by atoms with Gasteiger partial charge in [0.1, 0.15) is 0 Å². The highest BCUT2D eigenvalue weighted by Gasteiger charge is 2.73. The summed E-state index contributed by atoms with van der Waals surface area (Å²) in [5, 5.41) is 33.0. The van der Waals surface area contributed by atoms with Crippen molar-refractivity contribution in [3.8, 4) is 0 Å². The van der Waals surface area contributed by atoms with Crippen molar-refractivity contribution in [3.63, 3.8) is 0 Å². The highest BCUT2D eigenvalue weighted by Crippen LogP contribution is 2.73. The number of amides is 1. The number of rotatable bonds is 2. The Morgan fingerprint density at radius 3 is 2.61 bits per heavy atom. The minimum Gasteiger partial charge on any atom is -0.389 e. The number of aliphatic hydroxyl groups is 3. The zero-order valence-corrected chi connectivity index (χ0v) is 19.9. The number of morpholine rings is 1. The van der Waals surface area contributed by atoms with Crippen LogP contribution in [0, 0.1) is 28.6 Å². The van der Waals surface area contributed by atoms with Gasteiger partial charge in [0.25, 0.3) is 0 Å². The third kappa shape index (κ3) is 2.77. The van der Waals surface area contributed by atoms with Crippen LogP contribution < -0.4 is 0 Å². The third-order valence-corrected chi connectivity index (χ3v) is 10.2. The van der Waals surface area contributed by atoms with E-state index in [1.54, 1.807) is 35.6 Å². The van der Waals surface area contributed by atoms with Gasteiger partial charge in [-0.3, -0.25) is 9.59 Å². The van der Waals surface area contributed by atoms with Crippen LogP contribution in [0.5, 0.6) is 0 Å². The number of aliphatic hydroxyl groups excluding tert-OH is 2. The van der Waals surface area contributed by atoms with Crippen molar-refractivity contribution in [2.75, 3.05) is 26.3 Å². The summed E-state index contributed by atoms with van der Waals surface area (Å²) in [6.07, 6.45) is 1.46. The summed E-state index contributed by atoms with van der Waals surface area (Å²) in [6.45, 7) is 7.79. The number of fused-ring (bicyclic) bond motifs is 3. The van der Waals surface area contributed by atoms with Crippen LogP contribution in [-0.4, -0.2) is 74.0 Å². The lowest BCUT2D eigenvalue weighted by molar-refractivity contribution is -0.155. The second-order valence-electron chi connectivity index (χ2n) is 10.4. The standard InChI is InChI=1S/C23H30INO6/c1-12-10-22-11-23(12,30)4-3-14(22)13-9-15(26)18(27)21(2,20(24)29)16(13)17(22)19(28)25-5-7-31-8-6-25/h9,14-18,26-27,30H,1,3-8,10-11H2,2H3/t14-,15+,16+,17+,18-,21-,22-,23-/m0/s1. The molecule has 7 nitrogen and oxygen atoms in total. The van der Waals surface area contributed by atoms with Crippen LogP contribution in [-0.2, 0) is 14.3 Å². The molecule has 1 spiro atoms. The van der Waals surface area contributed by atoms with Crippen LogP contribution in [0.25, 0.3) is 0 Å². The Kier molecular flexibility index (Phi) is 5.03. The summed E-state index contributed by atoms with van der Waals surface area (Å²) < 4.78 is 5.19. The smallest absolute Gasteiger partial charge is 0.227 e. The number of nitrogens with zero attached hydrogens (tertiary/aromatic N) is 1. The van der Waals surface area contributed by atoms with Gasteiger partial charge in [-0.1, -0.05) is 18.2 Å². The zero-order chi connectivity index (χ0) is 22.3. The fourth-order valence-electron chi connectivity index (χ4n) is 7.50. The van der Waals surface area contributed by atoms with Crippen molar-refractivity contribution >= 4 is 32.3 Å². The van der Waals surface area contributed by atoms with Gasteiger partial charge >= 0.3 is 0 Å². The van der Waals surface area contributed by atoms with Gasteiger partial charge in [-0.25, -0.2) is 0 Å². The monoisotopic (exact) mass is 543 g/mol. The highest BCUT2D eigenvalue weighted by atomic mass is 127. The van der Waals surface area contributed by atoms with E-state index in [1.807, 2.05) is 4.90 Å². The number of ether oxygens (including phenoxy) is 1. The Labute approximate surface area is 195 Å². The van der Waals surface area contributed by atoms with Crippen LogP contribution in [0.4, 0.5) is 0 Å². The van der Waals surface area contributed by atoms with Crippen LogP contribution in [0.1, 0.15) is 32.6 Å². The molecule has 0 aromatic carbocycles. The first kappa shape index (κ1) is 22.0. The molecule has 8 atom stereocenters. The number of carbonyl (C=O) groups excluding carboxylic acids is 2. The zero-order valence-electron chi connectivity index (χ0n) is 17.7. The molecule has 4 fully saturated rings. The fourth-order valence-corrected chi connectivity index (χ4v) is 8.15. The Balaban J connectivity index is 1.70. The minimum absolute atomic E-state index is 0.0239. The fraction of sp³-hybridized carbons (Fsp3) is 0.739. The van der Waals surface area contributed by atoms with Crippen LogP contribution in [0.15, 0.2) is 23.8 Å². The third-order valence-electron chi connectivity index (χ3n) is 9.04. The van der Waals surface area contributed by atoms with Gasteiger partial charge in [0.15, 0.2) is 0 Å². The van der Waals surface area contributed by atoms with E-state index in [0.717, 1.165) is 11.1 Å². The van der Waals surface area contributed by atoms with E-state index < -0.39 is 40.5 Å². The van der Waals surface area contributed by atoms with Crippen molar-refractivity contribution in [3.05, 3.63) is 23.8 Å². The van der Waals surface area contributed by atoms with Crippen molar-refractivity contribution in [2.24, 2.45) is 28.6 Å². The van der Waals surface area contributed by atoms with Gasteiger partial charge in [0.05, 0.1) is 42.4 Å². The first-order valence-electron chi connectivity index (χ1n) is 11.1. The van der Waals surface area contributed by atoms with Crippen molar-refractivity contribution < 1.29 is 29.6 Å². The summed E-state index contributed by atoms with van der Waals surface area (Å²) in [4.78, 5) is 28.9.